The first-order chi connectivity index (χ1) is 17.4. The summed E-state index contributed by atoms with van der Waals surface area (Å²) < 4.78 is 4.12. The van der Waals surface area contributed by atoms with Crippen molar-refractivity contribution in [1.29, 1.82) is 10.5 Å². The number of rotatable bonds is 9. The Hall–Kier alpha value is -5.08. The number of carboxylic acids is 2. The van der Waals surface area contributed by atoms with Crippen molar-refractivity contribution >= 4 is 45.9 Å². The molecule has 8 nitrogen and oxygen atoms in total. The fraction of sp³-hybridized carbons (Fsp3) is 0.143. The van der Waals surface area contributed by atoms with Gasteiger partial charge in [0, 0.05) is 58.4 Å². The second kappa shape index (κ2) is 10.5. The summed E-state index contributed by atoms with van der Waals surface area (Å²) in [5, 5.41) is 38.4. The van der Waals surface area contributed by atoms with Gasteiger partial charge >= 0.3 is 11.9 Å². The summed E-state index contributed by atoms with van der Waals surface area (Å²) in [4.78, 5) is 22.6. The standard InChI is InChI=1S/C28H22N4O4/c29-15-19(27(33)34)13-21-17-31(25-9-3-1-7-23(21)25)11-5-6-12-32-18-22(14-20(16-30)28(35)36)24-8-2-4-10-26(24)32/h1-4,7-10,13-14,17-18H,5-6,11-12H2,(H,33,34)(H,35,36)/b19-13+,20-14+. The summed E-state index contributed by atoms with van der Waals surface area (Å²) in [5.74, 6) is -2.51. The Labute approximate surface area is 206 Å². The molecule has 0 atom stereocenters. The minimum absolute atomic E-state index is 0.315. The number of benzene rings is 2. The third-order valence-electron chi connectivity index (χ3n) is 5.99. The summed E-state index contributed by atoms with van der Waals surface area (Å²) in [6.07, 6.45) is 8.20. The van der Waals surface area contributed by atoms with Crippen LogP contribution < -0.4 is 0 Å². The number of fused-ring (bicyclic) bond motifs is 2. The second-order valence-corrected chi connectivity index (χ2v) is 8.25. The molecule has 2 heterocycles. The molecule has 2 aromatic heterocycles. The van der Waals surface area contributed by atoms with Gasteiger partial charge in [0.05, 0.1) is 0 Å². The maximum atomic E-state index is 11.3. The lowest BCUT2D eigenvalue weighted by Gasteiger charge is -2.07. The van der Waals surface area contributed by atoms with Crippen LogP contribution in [-0.4, -0.2) is 31.3 Å². The van der Waals surface area contributed by atoms with Gasteiger partial charge in [-0.2, -0.15) is 10.5 Å². The molecule has 0 aliphatic rings. The Balaban J connectivity index is 1.53. The predicted octanol–water partition coefficient (Wildman–Crippen LogP) is 5.06. The first kappa shape index (κ1) is 24.1. The van der Waals surface area contributed by atoms with Crippen molar-refractivity contribution in [2.75, 3.05) is 0 Å². The molecule has 0 saturated carbocycles. The van der Waals surface area contributed by atoms with Crippen LogP contribution in [0.15, 0.2) is 72.1 Å². The van der Waals surface area contributed by atoms with Gasteiger partial charge in [-0.25, -0.2) is 9.59 Å². The van der Waals surface area contributed by atoms with Crippen molar-refractivity contribution in [1.82, 2.24) is 9.13 Å². The van der Waals surface area contributed by atoms with E-state index in [1.165, 1.54) is 12.2 Å². The SMILES string of the molecule is N#C/C(=C\c1cn(CCCCn2cc(/C=C(\C#N)C(=O)O)c3ccccc32)c2ccccc12)C(=O)O. The second-order valence-electron chi connectivity index (χ2n) is 8.25. The van der Waals surface area contributed by atoms with Crippen LogP contribution in [0.3, 0.4) is 0 Å². The van der Waals surface area contributed by atoms with Crippen molar-refractivity contribution in [2.24, 2.45) is 0 Å². The highest BCUT2D eigenvalue weighted by Gasteiger charge is 2.13. The van der Waals surface area contributed by atoms with Gasteiger partial charge in [-0.15, -0.1) is 0 Å². The molecule has 0 bridgehead atoms. The molecule has 0 unspecified atom stereocenters. The summed E-state index contributed by atoms with van der Waals surface area (Å²) >= 11 is 0. The lowest BCUT2D eigenvalue weighted by atomic mass is 10.1. The van der Waals surface area contributed by atoms with Gasteiger partial charge in [-0.1, -0.05) is 36.4 Å². The molecule has 0 aliphatic carbocycles. The van der Waals surface area contributed by atoms with Crippen molar-refractivity contribution in [3.05, 3.63) is 83.2 Å². The van der Waals surface area contributed by atoms with E-state index in [1.54, 1.807) is 12.1 Å². The Morgan fingerprint density at radius 3 is 1.47 bits per heavy atom. The van der Waals surface area contributed by atoms with Gasteiger partial charge < -0.3 is 19.3 Å². The van der Waals surface area contributed by atoms with Gasteiger partial charge in [-0.3, -0.25) is 0 Å². The molecule has 2 N–H and O–H groups in total. The normalized spacial score (nSPS) is 11.9. The molecule has 36 heavy (non-hydrogen) atoms. The minimum Gasteiger partial charge on any atom is -0.477 e. The maximum absolute atomic E-state index is 11.3. The van der Waals surface area contributed by atoms with Crippen LogP contribution in [0, 0.1) is 22.7 Å². The van der Waals surface area contributed by atoms with Crippen LogP contribution in [-0.2, 0) is 22.7 Å². The Kier molecular flexibility index (Phi) is 6.99. The fourth-order valence-electron chi connectivity index (χ4n) is 4.31. The zero-order valence-corrected chi connectivity index (χ0v) is 19.3. The van der Waals surface area contributed by atoms with E-state index in [2.05, 4.69) is 9.13 Å². The molecule has 178 valence electrons. The molecule has 4 aromatic rings. The molecule has 0 saturated heterocycles. The largest absolute Gasteiger partial charge is 0.477 e. The monoisotopic (exact) mass is 478 g/mol. The van der Waals surface area contributed by atoms with E-state index in [0.29, 0.717) is 24.2 Å². The number of nitriles is 2. The van der Waals surface area contributed by atoms with Crippen molar-refractivity contribution in [3.8, 4) is 12.1 Å². The van der Waals surface area contributed by atoms with E-state index >= 15 is 0 Å². The molecule has 0 amide bonds. The zero-order valence-electron chi connectivity index (χ0n) is 19.3. The molecule has 4 rings (SSSR count). The molecule has 2 aromatic carbocycles. The van der Waals surface area contributed by atoms with Crippen molar-refractivity contribution in [2.45, 2.75) is 25.9 Å². The van der Waals surface area contributed by atoms with Gasteiger partial charge in [0.15, 0.2) is 0 Å². The molecule has 0 fully saturated rings. The summed E-state index contributed by atoms with van der Waals surface area (Å²) in [6.45, 7) is 1.40. The van der Waals surface area contributed by atoms with Crippen LogP contribution in [0.25, 0.3) is 34.0 Å². The molecule has 0 aliphatic heterocycles. The van der Waals surface area contributed by atoms with Crippen LogP contribution in [0.1, 0.15) is 24.0 Å². The number of nitrogens with zero attached hydrogens (tertiary/aromatic N) is 4. The molecular formula is C28H22N4O4. The molecule has 0 spiro atoms. The summed E-state index contributed by atoms with van der Waals surface area (Å²) in [5.41, 5.74) is 2.66. The Morgan fingerprint density at radius 2 is 1.11 bits per heavy atom. The number of carbonyl (C=O) groups is 2. The van der Waals surface area contributed by atoms with Crippen LogP contribution in [0.4, 0.5) is 0 Å². The molecular weight excluding hydrogens is 456 g/mol. The summed E-state index contributed by atoms with van der Waals surface area (Å²) in [6, 6.07) is 18.8. The fourth-order valence-corrected chi connectivity index (χ4v) is 4.31. The zero-order chi connectivity index (χ0) is 25.7. The first-order valence-corrected chi connectivity index (χ1v) is 11.3. The number of unbranched alkanes of at least 4 members (excludes halogenated alkanes) is 1. The summed E-state index contributed by atoms with van der Waals surface area (Å²) in [7, 11) is 0. The minimum atomic E-state index is -1.26. The third-order valence-corrected chi connectivity index (χ3v) is 5.99. The van der Waals surface area contributed by atoms with Gasteiger partial charge in [0.25, 0.3) is 0 Å². The number of carboxylic acid groups (broad SMARTS) is 2. The van der Waals surface area contributed by atoms with E-state index in [1.807, 2.05) is 60.9 Å². The van der Waals surface area contributed by atoms with Gasteiger partial charge in [-0.05, 0) is 37.1 Å². The van der Waals surface area contributed by atoms with E-state index in [0.717, 1.165) is 34.6 Å². The van der Waals surface area contributed by atoms with E-state index in [9.17, 15) is 19.8 Å². The van der Waals surface area contributed by atoms with Gasteiger partial charge in [0.1, 0.15) is 23.3 Å². The van der Waals surface area contributed by atoms with Crippen LogP contribution >= 0.6 is 0 Å². The number of para-hydroxylation sites is 2. The lowest BCUT2D eigenvalue weighted by Crippen LogP contribution is -2.00. The van der Waals surface area contributed by atoms with Crippen LogP contribution in [0.2, 0.25) is 0 Å². The number of aliphatic carboxylic acids is 2. The average molecular weight is 479 g/mol. The van der Waals surface area contributed by atoms with Crippen molar-refractivity contribution in [3.63, 3.8) is 0 Å². The topological polar surface area (TPSA) is 132 Å². The highest BCUT2D eigenvalue weighted by Crippen LogP contribution is 2.26. The lowest BCUT2D eigenvalue weighted by molar-refractivity contribution is -0.133. The smallest absolute Gasteiger partial charge is 0.346 e. The quantitative estimate of drug-likeness (QED) is 0.196. The first-order valence-electron chi connectivity index (χ1n) is 11.3. The average Bonchev–Trinajstić information content (AvgIpc) is 3.41. The van der Waals surface area contributed by atoms with E-state index in [4.69, 9.17) is 10.5 Å². The number of aryl methyl sites for hydroxylation is 2. The number of aromatic nitrogens is 2. The molecule has 0 radical (unpaired) electrons. The van der Waals surface area contributed by atoms with E-state index in [-0.39, 0.29) is 11.1 Å². The maximum Gasteiger partial charge on any atom is 0.346 e. The van der Waals surface area contributed by atoms with Crippen LogP contribution in [0.5, 0.6) is 0 Å². The number of hydrogen-bond acceptors (Lipinski definition) is 4. The highest BCUT2D eigenvalue weighted by atomic mass is 16.4. The molecule has 8 heteroatoms. The third kappa shape index (κ3) is 4.89. The number of hydrogen-bond donors (Lipinski definition) is 2. The Bertz CT molecular complexity index is 1500. The van der Waals surface area contributed by atoms with Crippen molar-refractivity contribution < 1.29 is 19.8 Å². The predicted molar refractivity (Wildman–Crippen MR) is 136 cm³/mol. The van der Waals surface area contributed by atoms with Gasteiger partial charge in [0.2, 0.25) is 0 Å². The van der Waals surface area contributed by atoms with E-state index < -0.39 is 11.9 Å². The Morgan fingerprint density at radius 1 is 0.722 bits per heavy atom. The highest BCUT2D eigenvalue weighted by molar-refractivity contribution is 6.01.